The number of rotatable bonds is 4. The number of hydrogen-bond acceptors (Lipinski definition) is 6. The van der Waals surface area contributed by atoms with Crippen LogP contribution in [-0.4, -0.2) is 57.5 Å². The number of morpholine rings is 1. The maximum atomic E-state index is 13.3. The SMILES string of the molecule is O=C(Cc1nc2ccccc2n1C(=O)c1ccc([N+](=O)[O-])cc1Cl)N1CCOCC1. The van der Waals surface area contributed by atoms with Crippen molar-refractivity contribution in [2.24, 2.45) is 0 Å². The van der Waals surface area contributed by atoms with Crippen molar-refractivity contribution < 1.29 is 19.2 Å². The van der Waals surface area contributed by atoms with Crippen LogP contribution in [0, 0.1) is 10.1 Å². The number of non-ortho nitro benzene ring substituents is 1. The fraction of sp³-hybridized carbons (Fsp3) is 0.250. The Morgan fingerprint density at radius 2 is 1.90 bits per heavy atom. The van der Waals surface area contributed by atoms with Crippen LogP contribution in [0.3, 0.4) is 0 Å². The van der Waals surface area contributed by atoms with E-state index >= 15 is 0 Å². The molecular formula is C20H17ClN4O5. The van der Waals surface area contributed by atoms with Crippen LogP contribution in [0.25, 0.3) is 11.0 Å². The number of amides is 1. The van der Waals surface area contributed by atoms with E-state index in [0.717, 1.165) is 6.07 Å². The Labute approximate surface area is 176 Å². The molecule has 0 N–H and O–H groups in total. The lowest BCUT2D eigenvalue weighted by Gasteiger charge is -2.26. The highest BCUT2D eigenvalue weighted by molar-refractivity contribution is 6.34. The Bertz CT molecular complexity index is 1150. The molecule has 0 radical (unpaired) electrons. The average molecular weight is 429 g/mol. The summed E-state index contributed by atoms with van der Waals surface area (Å²) in [5.74, 6) is -0.377. The van der Waals surface area contributed by atoms with Crippen molar-refractivity contribution in [2.45, 2.75) is 6.42 Å². The summed E-state index contributed by atoms with van der Waals surface area (Å²) in [6.45, 7) is 1.92. The molecule has 3 aromatic rings. The van der Waals surface area contributed by atoms with E-state index in [1.54, 1.807) is 29.2 Å². The molecule has 1 saturated heterocycles. The predicted octanol–water partition coefficient (Wildman–Crippen LogP) is 2.69. The van der Waals surface area contributed by atoms with Crippen LogP contribution in [0.5, 0.6) is 0 Å². The molecule has 30 heavy (non-hydrogen) atoms. The fourth-order valence-electron chi connectivity index (χ4n) is 3.39. The first-order valence-electron chi connectivity index (χ1n) is 9.26. The van der Waals surface area contributed by atoms with E-state index in [1.807, 2.05) is 0 Å². The number of ether oxygens (including phenoxy) is 1. The van der Waals surface area contributed by atoms with Gasteiger partial charge < -0.3 is 9.64 Å². The molecule has 0 saturated carbocycles. The number of benzene rings is 2. The van der Waals surface area contributed by atoms with Gasteiger partial charge in [0, 0.05) is 25.2 Å². The number of nitrogens with zero attached hydrogens (tertiary/aromatic N) is 4. The molecule has 1 aliphatic heterocycles. The Kier molecular flexibility index (Phi) is 5.47. The number of aromatic nitrogens is 2. The van der Waals surface area contributed by atoms with Gasteiger partial charge in [-0.3, -0.25) is 24.3 Å². The fourth-order valence-corrected chi connectivity index (χ4v) is 3.65. The zero-order chi connectivity index (χ0) is 21.3. The molecule has 1 amide bonds. The summed E-state index contributed by atoms with van der Waals surface area (Å²) in [4.78, 5) is 42.6. The highest BCUT2D eigenvalue weighted by Crippen LogP contribution is 2.26. The van der Waals surface area contributed by atoms with E-state index in [-0.39, 0.29) is 34.4 Å². The normalized spacial score (nSPS) is 14.1. The lowest BCUT2D eigenvalue weighted by molar-refractivity contribution is -0.384. The molecule has 0 atom stereocenters. The van der Waals surface area contributed by atoms with Gasteiger partial charge in [-0.1, -0.05) is 23.7 Å². The summed E-state index contributed by atoms with van der Waals surface area (Å²) in [6.07, 6.45) is -0.0645. The van der Waals surface area contributed by atoms with Gasteiger partial charge in [0.2, 0.25) is 5.91 Å². The summed E-state index contributed by atoms with van der Waals surface area (Å²) in [7, 11) is 0. The maximum absolute atomic E-state index is 13.3. The first-order chi connectivity index (χ1) is 14.5. The molecule has 9 nitrogen and oxygen atoms in total. The Morgan fingerprint density at radius 1 is 1.17 bits per heavy atom. The monoisotopic (exact) mass is 428 g/mol. The molecule has 1 aromatic heterocycles. The number of hydrogen-bond donors (Lipinski definition) is 0. The maximum Gasteiger partial charge on any atom is 0.270 e. The molecule has 0 spiro atoms. The quantitative estimate of drug-likeness (QED) is 0.467. The molecule has 2 heterocycles. The van der Waals surface area contributed by atoms with Crippen molar-refractivity contribution in [3.8, 4) is 0 Å². The van der Waals surface area contributed by atoms with Crippen molar-refractivity contribution in [2.75, 3.05) is 26.3 Å². The van der Waals surface area contributed by atoms with Crippen LogP contribution in [0.1, 0.15) is 16.2 Å². The van der Waals surface area contributed by atoms with E-state index in [2.05, 4.69) is 4.98 Å². The third kappa shape index (κ3) is 3.77. The molecule has 1 fully saturated rings. The van der Waals surface area contributed by atoms with Gasteiger partial charge >= 0.3 is 0 Å². The number of para-hydroxylation sites is 2. The van der Waals surface area contributed by atoms with Gasteiger partial charge in [0.15, 0.2) is 0 Å². The van der Waals surface area contributed by atoms with Gasteiger partial charge in [-0.2, -0.15) is 0 Å². The first-order valence-corrected chi connectivity index (χ1v) is 9.64. The zero-order valence-corrected chi connectivity index (χ0v) is 16.5. The van der Waals surface area contributed by atoms with E-state index in [0.29, 0.717) is 37.3 Å². The zero-order valence-electron chi connectivity index (χ0n) is 15.8. The minimum atomic E-state index is -0.584. The topological polar surface area (TPSA) is 108 Å². The van der Waals surface area contributed by atoms with Gasteiger partial charge in [-0.05, 0) is 18.2 Å². The Balaban J connectivity index is 1.74. The van der Waals surface area contributed by atoms with E-state index < -0.39 is 10.8 Å². The van der Waals surface area contributed by atoms with Gasteiger partial charge in [0.1, 0.15) is 5.82 Å². The lowest BCUT2D eigenvalue weighted by Crippen LogP contribution is -2.41. The summed E-state index contributed by atoms with van der Waals surface area (Å²) < 4.78 is 6.62. The minimum absolute atomic E-state index is 0.0440. The molecule has 10 heteroatoms. The van der Waals surface area contributed by atoms with Crippen LogP contribution in [-0.2, 0) is 16.0 Å². The molecule has 1 aliphatic rings. The average Bonchev–Trinajstić information content (AvgIpc) is 3.11. The van der Waals surface area contributed by atoms with Crippen LogP contribution < -0.4 is 0 Å². The Morgan fingerprint density at radius 3 is 2.60 bits per heavy atom. The third-order valence-electron chi connectivity index (χ3n) is 4.90. The highest BCUT2D eigenvalue weighted by atomic mass is 35.5. The highest BCUT2D eigenvalue weighted by Gasteiger charge is 2.25. The molecular weight excluding hydrogens is 412 g/mol. The van der Waals surface area contributed by atoms with Gasteiger partial charge in [0.25, 0.3) is 11.6 Å². The second kappa shape index (κ2) is 8.21. The number of imidazole rings is 1. The first kappa shape index (κ1) is 20.0. The van der Waals surface area contributed by atoms with E-state index in [4.69, 9.17) is 16.3 Å². The van der Waals surface area contributed by atoms with Crippen molar-refractivity contribution in [3.63, 3.8) is 0 Å². The molecule has 0 bridgehead atoms. The number of fused-ring (bicyclic) bond motifs is 1. The number of nitro benzene ring substituents is 1. The summed E-state index contributed by atoms with van der Waals surface area (Å²) >= 11 is 6.17. The molecule has 4 rings (SSSR count). The van der Waals surface area contributed by atoms with Crippen LogP contribution >= 0.6 is 11.6 Å². The standard InChI is InChI=1S/C20H17ClN4O5/c21-15-11-13(25(28)29)5-6-14(15)20(27)24-17-4-2-1-3-16(17)22-18(24)12-19(26)23-7-9-30-10-8-23/h1-6,11H,7-10,12H2. The number of nitro groups is 1. The summed E-state index contributed by atoms with van der Waals surface area (Å²) in [6, 6.07) is 10.7. The summed E-state index contributed by atoms with van der Waals surface area (Å²) in [5, 5.41) is 10.9. The van der Waals surface area contributed by atoms with Crippen molar-refractivity contribution in [1.82, 2.24) is 14.5 Å². The Hall–Kier alpha value is -3.30. The van der Waals surface area contributed by atoms with Crippen LogP contribution in [0.2, 0.25) is 5.02 Å². The van der Waals surface area contributed by atoms with Crippen molar-refractivity contribution in [3.05, 3.63) is 69.0 Å². The largest absolute Gasteiger partial charge is 0.378 e. The lowest BCUT2D eigenvalue weighted by atomic mass is 10.1. The van der Waals surface area contributed by atoms with Gasteiger partial charge in [-0.15, -0.1) is 0 Å². The van der Waals surface area contributed by atoms with E-state index in [1.165, 1.54) is 16.7 Å². The van der Waals surface area contributed by atoms with Crippen LogP contribution in [0.15, 0.2) is 42.5 Å². The number of carbonyl (C=O) groups excluding carboxylic acids is 2. The summed E-state index contributed by atoms with van der Waals surface area (Å²) in [5.41, 5.74) is 0.968. The third-order valence-corrected chi connectivity index (χ3v) is 5.21. The van der Waals surface area contributed by atoms with Crippen molar-refractivity contribution >= 4 is 40.1 Å². The van der Waals surface area contributed by atoms with Gasteiger partial charge in [0.05, 0.1) is 46.2 Å². The molecule has 154 valence electrons. The van der Waals surface area contributed by atoms with Crippen molar-refractivity contribution in [1.29, 1.82) is 0 Å². The molecule has 2 aromatic carbocycles. The number of halogens is 1. The van der Waals surface area contributed by atoms with Crippen LogP contribution in [0.4, 0.5) is 5.69 Å². The molecule has 0 aliphatic carbocycles. The second-order valence-corrected chi connectivity index (χ2v) is 7.16. The molecule has 0 unspecified atom stereocenters. The predicted molar refractivity (Wildman–Crippen MR) is 109 cm³/mol. The van der Waals surface area contributed by atoms with Gasteiger partial charge in [-0.25, -0.2) is 4.98 Å². The minimum Gasteiger partial charge on any atom is -0.378 e. The number of carbonyl (C=O) groups is 2. The second-order valence-electron chi connectivity index (χ2n) is 6.75. The smallest absolute Gasteiger partial charge is 0.270 e. The van der Waals surface area contributed by atoms with E-state index in [9.17, 15) is 19.7 Å².